The number of anilines is 2. The fourth-order valence-electron chi connectivity index (χ4n) is 6.28. The first-order chi connectivity index (χ1) is 22.6. The smallest absolute Gasteiger partial charge is 0.134 e. The van der Waals surface area contributed by atoms with Crippen LogP contribution in [0, 0.1) is 5.41 Å². The minimum Gasteiger partial charge on any atom is -0.460 e. The number of allylic oxidation sites excluding steroid dienone is 7. The van der Waals surface area contributed by atoms with Crippen molar-refractivity contribution in [3.8, 4) is 16.9 Å². The molecule has 2 nitrogen and oxygen atoms in total. The highest BCUT2D eigenvalue weighted by Gasteiger charge is 2.32. The van der Waals surface area contributed by atoms with Crippen molar-refractivity contribution in [3.05, 3.63) is 181 Å². The van der Waals surface area contributed by atoms with Gasteiger partial charge in [0.05, 0.1) is 0 Å². The third kappa shape index (κ3) is 6.37. The Morgan fingerprint density at radius 1 is 0.809 bits per heavy atom. The van der Waals surface area contributed by atoms with Gasteiger partial charge in [-0.1, -0.05) is 138 Å². The highest BCUT2D eigenvalue weighted by Crippen LogP contribution is 2.43. The molecule has 1 aliphatic carbocycles. The van der Waals surface area contributed by atoms with Crippen LogP contribution in [0.5, 0.6) is 5.75 Å². The molecule has 2 heteroatoms. The van der Waals surface area contributed by atoms with Crippen LogP contribution in [0.4, 0.5) is 11.4 Å². The third-order valence-electron chi connectivity index (χ3n) is 9.15. The van der Waals surface area contributed by atoms with Gasteiger partial charge in [0.25, 0.3) is 0 Å². The normalized spacial score (nSPS) is 19.2. The van der Waals surface area contributed by atoms with E-state index in [1.807, 2.05) is 36.4 Å². The van der Waals surface area contributed by atoms with Gasteiger partial charge in [0.1, 0.15) is 11.5 Å². The molecule has 0 bridgehead atoms. The molecule has 0 spiro atoms. The van der Waals surface area contributed by atoms with Crippen molar-refractivity contribution in [1.82, 2.24) is 0 Å². The van der Waals surface area contributed by atoms with Crippen molar-refractivity contribution in [3.63, 3.8) is 0 Å². The lowest BCUT2D eigenvalue weighted by Crippen LogP contribution is -2.25. The zero-order valence-corrected chi connectivity index (χ0v) is 28.0. The van der Waals surface area contributed by atoms with Gasteiger partial charge in [-0.2, -0.15) is 0 Å². The van der Waals surface area contributed by atoms with Crippen molar-refractivity contribution in [1.29, 1.82) is 0 Å². The topological polar surface area (TPSA) is 12.5 Å². The van der Waals surface area contributed by atoms with E-state index >= 15 is 0 Å². The number of para-hydroxylation sites is 1. The minimum atomic E-state index is -0.320. The first-order valence-electron chi connectivity index (χ1n) is 16.2. The van der Waals surface area contributed by atoms with E-state index < -0.39 is 0 Å². The fourth-order valence-corrected chi connectivity index (χ4v) is 6.28. The van der Waals surface area contributed by atoms with E-state index in [0.29, 0.717) is 0 Å². The fraction of sp³-hybridized carbons (Fsp3) is 0.156. The number of hydrogen-bond acceptors (Lipinski definition) is 2. The van der Waals surface area contributed by atoms with E-state index in [2.05, 4.69) is 156 Å². The maximum Gasteiger partial charge on any atom is 0.134 e. The summed E-state index contributed by atoms with van der Waals surface area (Å²) in [5, 5.41) is 0. The van der Waals surface area contributed by atoms with Gasteiger partial charge in [-0.3, -0.25) is 0 Å². The first kappa shape index (κ1) is 31.6. The van der Waals surface area contributed by atoms with Gasteiger partial charge in [0, 0.05) is 28.1 Å². The average Bonchev–Trinajstić information content (AvgIpc) is 3.07. The predicted octanol–water partition coefficient (Wildman–Crippen LogP) is 12.5. The van der Waals surface area contributed by atoms with Crippen LogP contribution in [0.25, 0.3) is 28.9 Å². The van der Waals surface area contributed by atoms with Gasteiger partial charge in [0.15, 0.2) is 0 Å². The van der Waals surface area contributed by atoms with E-state index in [1.54, 1.807) is 0 Å². The largest absolute Gasteiger partial charge is 0.460 e. The standard InChI is InChI=1S/C45H43NO/c1-8-33-16-13-20-41(39(33)9-2)34-23-25-36(26-24-34)46(38-18-14-17-35(31-38)44(4,5)6)37-27-29-45(7,30-28-37)43-22-12-15-32(3)40-19-10-11-21-42(40)47-43/h8-29,31H,1-3,30H2,4-7H3/b15-12-,43-22-. The van der Waals surface area contributed by atoms with E-state index in [9.17, 15) is 0 Å². The maximum absolute atomic E-state index is 6.60. The Kier molecular flexibility index (Phi) is 8.62. The summed E-state index contributed by atoms with van der Waals surface area (Å²) in [6.07, 6.45) is 17.6. The van der Waals surface area contributed by atoms with Crippen LogP contribution in [0.1, 0.15) is 56.4 Å². The lowest BCUT2D eigenvalue weighted by molar-refractivity contribution is 0.301. The molecule has 1 unspecified atom stereocenters. The number of benzene rings is 4. The molecule has 1 heterocycles. The summed E-state index contributed by atoms with van der Waals surface area (Å²) in [5.41, 5.74) is 10.7. The maximum atomic E-state index is 6.60. The highest BCUT2D eigenvalue weighted by atomic mass is 16.5. The predicted molar refractivity (Wildman–Crippen MR) is 203 cm³/mol. The minimum absolute atomic E-state index is 0.0231. The summed E-state index contributed by atoms with van der Waals surface area (Å²) in [4.78, 5) is 2.36. The summed E-state index contributed by atoms with van der Waals surface area (Å²) in [5.74, 6) is 1.74. The molecule has 1 atom stereocenters. The SMILES string of the molecule is C=Cc1cccc(-c2ccc(N(C3=CCC(C)(/C4=C/C=C\C(=C)c5ccccc5O4)C=C3)c3cccc(C(C)(C)C)c3)cc2)c1C=C. The molecule has 1 aliphatic heterocycles. The van der Waals surface area contributed by atoms with Crippen LogP contribution in [0.15, 0.2) is 159 Å². The second-order valence-electron chi connectivity index (χ2n) is 13.5. The third-order valence-corrected chi connectivity index (χ3v) is 9.15. The van der Waals surface area contributed by atoms with Crippen LogP contribution in [0.3, 0.4) is 0 Å². The quantitative estimate of drug-likeness (QED) is 0.206. The van der Waals surface area contributed by atoms with Gasteiger partial charge >= 0.3 is 0 Å². The molecule has 6 rings (SSSR count). The number of nitrogens with zero attached hydrogens (tertiary/aromatic N) is 1. The van der Waals surface area contributed by atoms with Crippen molar-refractivity contribution < 1.29 is 4.74 Å². The average molecular weight is 614 g/mol. The Morgan fingerprint density at radius 2 is 1.55 bits per heavy atom. The first-order valence-corrected chi connectivity index (χ1v) is 16.2. The van der Waals surface area contributed by atoms with E-state index in [4.69, 9.17) is 4.74 Å². The summed E-state index contributed by atoms with van der Waals surface area (Å²) in [7, 11) is 0. The molecule has 0 saturated heterocycles. The molecule has 0 fully saturated rings. The van der Waals surface area contributed by atoms with Crippen molar-refractivity contribution >= 4 is 29.1 Å². The second kappa shape index (κ2) is 12.8. The molecular formula is C45H43NO. The zero-order chi connectivity index (χ0) is 33.2. The Morgan fingerprint density at radius 3 is 2.26 bits per heavy atom. The molecule has 4 aromatic rings. The van der Waals surface area contributed by atoms with Crippen LogP contribution in [-0.4, -0.2) is 0 Å². The molecule has 0 amide bonds. The summed E-state index contributed by atoms with van der Waals surface area (Å²) in [6.45, 7) is 21.3. The van der Waals surface area contributed by atoms with Crippen LogP contribution in [-0.2, 0) is 5.41 Å². The molecule has 0 N–H and O–H groups in total. The van der Waals surface area contributed by atoms with Gasteiger partial charge in [-0.25, -0.2) is 0 Å². The number of ether oxygens (including phenoxy) is 1. The molecule has 0 aromatic heterocycles. The Bertz CT molecular complexity index is 1980. The van der Waals surface area contributed by atoms with E-state index in [0.717, 1.165) is 68.4 Å². The number of rotatable bonds is 7. The Labute approximate surface area is 280 Å². The number of hydrogen-bond donors (Lipinski definition) is 0. The van der Waals surface area contributed by atoms with Crippen LogP contribution < -0.4 is 9.64 Å². The highest BCUT2D eigenvalue weighted by molar-refractivity contribution is 5.82. The molecule has 0 saturated carbocycles. The lowest BCUT2D eigenvalue weighted by Gasteiger charge is -2.35. The zero-order valence-electron chi connectivity index (χ0n) is 28.0. The molecule has 0 radical (unpaired) electrons. The molecule has 4 aromatic carbocycles. The van der Waals surface area contributed by atoms with Gasteiger partial charge < -0.3 is 9.64 Å². The van der Waals surface area contributed by atoms with Gasteiger partial charge in [-0.05, 0) is 94.6 Å². The Balaban J connectivity index is 1.38. The van der Waals surface area contributed by atoms with Crippen molar-refractivity contribution in [2.75, 3.05) is 4.90 Å². The lowest BCUT2D eigenvalue weighted by atomic mass is 9.80. The van der Waals surface area contributed by atoms with Crippen molar-refractivity contribution in [2.45, 2.75) is 39.5 Å². The van der Waals surface area contributed by atoms with Crippen LogP contribution in [0.2, 0.25) is 0 Å². The summed E-state index contributed by atoms with van der Waals surface area (Å²) >= 11 is 0. The summed E-state index contributed by atoms with van der Waals surface area (Å²) < 4.78 is 6.60. The molecule has 234 valence electrons. The Hall–Kier alpha value is -5.34. The number of fused-ring (bicyclic) bond motifs is 1. The van der Waals surface area contributed by atoms with Gasteiger partial charge in [0.2, 0.25) is 0 Å². The summed E-state index contributed by atoms with van der Waals surface area (Å²) in [6, 6.07) is 32.1. The molecule has 2 aliphatic rings. The molecular weight excluding hydrogens is 571 g/mol. The molecule has 47 heavy (non-hydrogen) atoms. The van der Waals surface area contributed by atoms with Gasteiger partial charge in [-0.15, -0.1) is 0 Å². The second-order valence-corrected chi connectivity index (χ2v) is 13.5. The van der Waals surface area contributed by atoms with Crippen molar-refractivity contribution in [2.24, 2.45) is 5.41 Å². The van der Waals surface area contributed by atoms with E-state index in [1.165, 1.54) is 5.56 Å². The monoisotopic (exact) mass is 613 g/mol. The van der Waals surface area contributed by atoms with E-state index in [-0.39, 0.29) is 10.8 Å². The van der Waals surface area contributed by atoms with Crippen LogP contribution >= 0.6 is 0 Å².